The molecule has 2 aliphatic rings. The SMILES string of the molecule is COc1ccc(/C(O)=C2\C(=O)C(=O)N(C3CCCC3)C2c2ccccc2F)cc1C. The van der Waals surface area contributed by atoms with Crippen molar-refractivity contribution in [1.82, 2.24) is 4.90 Å². The molecule has 1 N–H and O–H groups in total. The van der Waals surface area contributed by atoms with Crippen LogP contribution in [0.1, 0.15) is 48.4 Å². The fourth-order valence-corrected chi connectivity index (χ4v) is 4.59. The van der Waals surface area contributed by atoms with Crippen molar-refractivity contribution in [2.45, 2.75) is 44.7 Å². The minimum Gasteiger partial charge on any atom is -0.507 e. The Bertz CT molecular complexity index is 1040. The van der Waals surface area contributed by atoms with Crippen LogP contribution in [0.25, 0.3) is 5.76 Å². The van der Waals surface area contributed by atoms with Gasteiger partial charge in [-0.15, -0.1) is 0 Å². The summed E-state index contributed by atoms with van der Waals surface area (Å²) in [7, 11) is 1.55. The molecule has 4 rings (SSSR count). The number of likely N-dealkylation sites (tertiary alicyclic amines) is 1. The van der Waals surface area contributed by atoms with Crippen molar-refractivity contribution < 1.29 is 23.8 Å². The summed E-state index contributed by atoms with van der Waals surface area (Å²) in [5.74, 6) is -1.62. The maximum absolute atomic E-state index is 14.8. The Morgan fingerprint density at radius 3 is 2.47 bits per heavy atom. The molecule has 0 bridgehead atoms. The third kappa shape index (κ3) is 3.26. The summed E-state index contributed by atoms with van der Waals surface area (Å²) in [6.07, 6.45) is 3.43. The molecule has 1 atom stereocenters. The number of methoxy groups -OCH3 is 1. The molecule has 0 aromatic heterocycles. The molecule has 1 heterocycles. The molecule has 1 aliphatic heterocycles. The normalized spacial score (nSPS) is 21.4. The average molecular weight is 409 g/mol. The van der Waals surface area contributed by atoms with E-state index in [1.165, 1.54) is 11.0 Å². The third-order valence-corrected chi connectivity index (χ3v) is 6.07. The number of rotatable bonds is 4. The summed E-state index contributed by atoms with van der Waals surface area (Å²) in [5.41, 5.74) is 1.31. The zero-order chi connectivity index (χ0) is 21.4. The van der Waals surface area contributed by atoms with E-state index in [0.29, 0.717) is 11.3 Å². The van der Waals surface area contributed by atoms with Crippen LogP contribution in [-0.2, 0) is 9.59 Å². The highest BCUT2D eigenvalue weighted by Gasteiger charge is 2.49. The second-order valence-electron chi connectivity index (χ2n) is 7.85. The molecular formula is C24H24FNO4. The predicted octanol–water partition coefficient (Wildman–Crippen LogP) is 4.51. The highest BCUT2D eigenvalue weighted by atomic mass is 19.1. The number of ketones is 1. The lowest BCUT2D eigenvalue weighted by molar-refractivity contribution is -0.141. The van der Waals surface area contributed by atoms with E-state index in [4.69, 9.17) is 4.74 Å². The predicted molar refractivity (Wildman–Crippen MR) is 111 cm³/mol. The Balaban J connectivity index is 1.90. The Hall–Kier alpha value is -3.15. The molecule has 156 valence electrons. The topological polar surface area (TPSA) is 66.8 Å². The van der Waals surface area contributed by atoms with E-state index in [0.717, 1.165) is 31.2 Å². The van der Waals surface area contributed by atoms with Gasteiger partial charge in [-0.05, 0) is 49.6 Å². The number of aryl methyl sites for hydroxylation is 1. The first-order valence-corrected chi connectivity index (χ1v) is 10.1. The highest BCUT2D eigenvalue weighted by molar-refractivity contribution is 6.46. The molecule has 2 aromatic rings. The molecule has 2 fully saturated rings. The van der Waals surface area contributed by atoms with Gasteiger partial charge in [-0.1, -0.05) is 31.0 Å². The van der Waals surface area contributed by atoms with Crippen molar-refractivity contribution in [3.63, 3.8) is 0 Å². The summed E-state index contributed by atoms with van der Waals surface area (Å²) >= 11 is 0. The average Bonchev–Trinajstić information content (AvgIpc) is 3.35. The minimum atomic E-state index is -0.947. The van der Waals surface area contributed by atoms with Gasteiger partial charge in [-0.25, -0.2) is 4.39 Å². The number of hydrogen-bond acceptors (Lipinski definition) is 4. The van der Waals surface area contributed by atoms with E-state index in [9.17, 15) is 19.1 Å². The van der Waals surface area contributed by atoms with E-state index in [1.54, 1.807) is 43.5 Å². The zero-order valence-electron chi connectivity index (χ0n) is 17.0. The van der Waals surface area contributed by atoms with Crippen LogP contribution in [-0.4, -0.2) is 34.8 Å². The van der Waals surface area contributed by atoms with Crippen LogP contribution >= 0.6 is 0 Å². The lowest BCUT2D eigenvalue weighted by Gasteiger charge is -2.31. The van der Waals surface area contributed by atoms with Crippen molar-refractivity contribution in [3.8, 4) is 5.75 Å². The van der Waals surface area contributed by atoms with E-state index in [2.05, 4.69) is 0 Å². The molecule has 1 saturated carbocycles. The summed E-state index contributed by atoms with van der Waals surface area (Å²) < 4.78 is 20.0. The van der Waals surface area contributed by atoms with Gasteiger partial charge >= 0.3 is 0 Å². The van der Waals surface area contributed by atoms with Crippen LogP contribution in [0.15, 0.2) is 48.0 Å². The Kier molecular flexibility index (Phi) is 5.33. The first-order chi connectivity index (χ1) is 14.4. The molecule has 0 spiro atoms. The minimum absolute atomic E-state index is 0.0680. The van der Waals surface area contributed by atoms with Crippen molar-refractivity contribution in [2.75, 3.05) is 7.11 Å². The standard InChI is InChI=1S/C24H24FNO4/c1-14-13-15(11-12-19(14)30-2)22(27)20-21(17-9-5-6-10-18(17)25)26(24(29)23(20)28)16-7-3-4-8-16/h5-6,9-13,16,21,27H,3-4,7-8H2,1-2H3/b22-20+. The van der Waals surface area contributed by atoms with Crippen molar-refractivity contribution in [1.29, 1.82) is 0 Å². The van der Waals surface area contributed by atoms with Crippen LogP contribution in [0.4, 0.5) is 4.39 Å². The van der Waals surface area contributed by atoms with Crippen LogP contribution in [0.5, 0.6) is 5.75 Å². The van der Waals surface area contributed by atoms with Crippen LogP contribution in [0.2, 0.25) is 0 Å². The lowest BCUT2D eigenvalue weighted by atomic mass is 9.94. The number of aliphatic hydroxyl groups excluding tert-OH is 1. The van der Waals surface area contributed by atoms with Gasteiger partial charge in [0.25, 0.3) is 11.7 Å². The van der Waals surface area contributed by atoms with Gasteiger partial charge in [0.05, 0.1) is 18.7 Å². The molecular weight excluding hydrogens is 385 g/mol. The van der Waals surface area contributed by atoms with E-state index < -0.39 is 23.5 Å². The molecule has 30 heavy (non-hydrogen) atoms. The quantitative estimate of drug-likeness (QED) is 0.458. The Labute approximate surface area is 174 Å². The number of carbonyl (C=O) groups is 2. The van der Waals surface area contributed by atoms with Gasteiger partial charge in [0.15, 0.2) is 0 Å². The van der Waals surface area contributed by atoms with Gasteiger partial charge in [0.2, 0.25) is 0 Å². The summed E-state index contributed by atoms with van der Waals surface area (Å²) in [6.45, 7) is 1.82. The summed E-state index contributed by atoms with van der Waals surface area (Å²) in [6, 6.07) is 10.0. The van der Waals surface area contributed by atoms with Crippen molar-refractivity contribution in [3.05, 3.63) is 70.5 Å². The van der Waals surface area contributed by atoms with Crippen LogP contribution < -0.4 is 4.74 Å². The molecule has 5 nitrogen and oxygen atoms in total. The first-order valence-electron chi connectivity index (χ1n) is 10.1. The number of aliphatic hydroxyl groups is 1. The summed E-state index contributed by atoms with van der Waals surface area (Å²) in [5, 5.41) is 11.1. The monoisotopic (exact) mass is 409 g/mol. The molecule has 1 unspecified atom stereocenters. The van der Waals surface area contributed by atoms with Crippen molar-refractivity contribution >= 4 is 17.4 Å². The number of carbonyl (C=O) groups excluding carboxylic acids is 2. The molecule has 1 saturated heterocycles. The molecule has 1 amide bonds. The van der Waals surface area contributed by atoms with Gasteiger partial charge in [-0.3, -0.25) is 9.59 Å². The second kappa shape index (κ2) is 7.94. The largest absolute Gasteiger partial charge is 0.507 e. The number of Topliss-reactive ketones (excluding diaryl/α,β-unsaturated/α-hetero) is 1. The van der Waals surface area contributed by atoms with E-state index in [-0.39, 0.29) is 22.9 Å². The van der Waals surface area contributed by atoms with Crippen LogP contribution in [0.3, 0.4) is 0 Å². The maximum Gasteiger partial charge on any atom is 0.295 e. The fourth-order valence-electron chi connectivity index (χ4n) is 4.59. The second-order valence-corrected chi connectivity index (χ2v) is 7.85. The van der Waals surface area contributed by atoms with E-state index >= 15 is 0 Å². The number of benzene rings is 2. The van der Waals surface area contributed by atoms with Gasteiger partial charge in [0.1, 0.15) is 17.3 Å². The first kappa shape index (κ1) is 20.1. The zero-order valence-corrected chi connectivity index (χ0v) is 17.0. The fraction of sp³-hybridized carbons (Fsp3) is 0.333. The number of amides is 1. The number of halogens is 1. The van der Waals surface area contributed by atoms with Crippen molar-refractivity contribution in [2.24, 2.45) is 0 Å². The molecule has 2 aromatic carbocycles. The molecule has 6 heteroatoms. The molecule has 0 radical (unpaired) electrons. The third-order valence-electron chi connectivity index (χ3n) is 6.07. The maximum atomic E-state index is 14.8. The smallest absolute Gasteiger partial charge is 0.295 e. The summed E-state index contributed by atoms with van der Waals surface area (Å²) in [4.78, 5) is 27.5. The van der Waals surface area contributed by atoms with Gasteiger partial charge in [0, 0.05) is 17.2 Å². The van der Waals surface area contributed by atoms with Crippen LogP contribution in [0, 0.1) is 12.7 Å². The molecule has 1 aliphatic carbocycles. The number of ether oxygens (including phenoxy) is 1. The Morgan fingerprint density at radius 2 is 1.83 bits per heavy atom. The number of nitrogens with zero attached hydrogens (tertiary/aromatic N) is 1. The highest BCUT2D eigenvalue weighted by Crippen LogP contribution is 2.44. The van der Waals surface area contributed by atoms with Gasteiger partial charge < -0.3 is 14.7 Å². The Morgan fingerprint density at radius 1 is 1.13 bits per heavy atom. The number of hydrogen-bond donors (Lipinski definition) is 1. The van der Waals surface area contributed by atoms with E-state index in [1.807, 2.05) is 6.92 Å². The lowest BCUT2D eigenvalue weighted by Crippen LogP contribution is -2.38. The van der Waals surface area contributed by atoms with Gasteiger partial charge in [-0.2, -0.15) is 0 Å².